The van der Waals surface area contributed by atoms with Crippen molar-refractivity contribution in [2.45, 2.75) is 0 Å². The Kier molecular flexibility index (Phi) is 2.31. The van der Waals surface area contributed by atoms with Crippen LogP contribution in [0.4, 0.5) is 0 Å². The third-order valence-electron chi connectivity index (χ3n) is 2.53. The summed E-state index contributed by atoms with van der Waals surface area (Å²) in [6.07, 6.45) is 0. The van der Waals surface area contributed by atoms with Crippen LogP contribution in [-0.4, -0.2) is 26.4 Å². The number of aromatic amines is 1. The fraction of sp³-hybridized carbons (Fsp3) is 0. The standard InChI is InChI=1S/C11H6ClN3O3/c12-10-9-5(2-1-3-6(9)13-14-10)7-4-8(11(16)17)18-15-7/h1-4H,(H,13,14)(H,16,17). The Hall–Kier alpha value is -2.34. The van der Waals surface area contributed by atoms with E-state index in [4.69, 9.17) is 21.2 Å². The van der Waals surface area contributed by atoms with E-state index in [0.29, 0.717) is 27.3 Å². The number of nitrogens with zero attached hydrogens (tertiary/aromatic N) is 2. The first-order valence-corrected chi connectivity index (χ1v) is 5.37. The molecule has 2 aromatic heterocycles. The number of carboxylic acid groups (broad SMARTS) is 1. The lowest BCUT2D eigenvalue weighted by molar-refractivity contribution is 0.0652. The van der Waals surface area contributed by atoms with Gasteiger partial charge in [0.15, 0.2) is 0 Å². The first-order chi connectivity index (χ1) is 8.66. The number of carbonyl (C=O) groups is 1. The van der Waals surface area contributed by atoms with Gasteiger partial charge in [0.2, 0.25) is 5.76 Å². The summed E-state index contributed by atoms with van der Waals surface area (Å²) >= 11 is 6.00. The number of halogens is 1. The highest BCUT2D eigenvalue weighted by Crippen LogP contribution is 2.31. The second kappa shape index (κ2) is 3.85. The number of carboxylic acids is 1. The molecule has 0 atom stereocenters. The van der Waals surface area contributed by atoms with E-state index in [1.807, 2.05) is 0 Å². The summed E-state index contributed by atoms with van der Waals surface area (Å²) in [4.78, 5) is 10.7. The highest BCUT2D eigenvalue weighted by molar-refractivity contribution is 6.35. The van der Waals surface area contributed by atoms with Gasteiger partial charge in [0.1, 0.15) is 10.8 Å². The van der Waals surface area contributed by atoms with E-state index in [0.717, 1.165) is 0 Å². The number of H-pyrrole nitrogens is 1. The summed E-state index contributed by atoms with van der Waals surface area (Å²) in [6, 6.07) is 6.69. The maximum absolute atomic E-state index is 10.7. The molecule has 0 aliphatic carbocycles. The Bertz CT molecular complexity index is 747. The minimum atomic E-state index is -1.17. The van der Waals surface area contributed by atoms with Crippen LogP contribution >= 0.6 is 11.6 Å². The summed E-state index contributed by atoms with van der Waals surface area (Å²) in [6.45, 7) is 0. The van der Waals surface area contributed by atoms with Crippen molar-refractivity contribution in [3.8, 4) is 11.3 Å². The molecule has 0 amide bonds. The van der Waals surface area contributed by atoms with E-state index in [2.05, 4.69) is 15.4 Å². The van der Waals surface area contributed by atoms with E-state index >= 15 is 0 Å². The van der Waals surface area contributed by atoms with E-state index in [1.165, 1.54) is 6.07 Å². The smallest absolute Gasteiger partial charge is 0.374 e. The van der Waals surface area contributed by atoms with Gasteiger partial charge in [0.05, 0.1) is 5.52 Å². The van der Waals surface area contributed by atoms with Crippen molar-refractivity contribution in [3.63, 3.8) is 0 Å². The molecule has 3 rings (SSSR count). The van der Waals surface area contributed by atoms with Gasteiger partial charge in [-0.25, -0.2) is 4.79 Å². The number of fused-ring (bicyclic) bond motifs is 1. The van der Waals surface area contributed by atoms with Crippen LogP contribution in [0.1, 0.15) is 10.6 Å². The fourth-order valence-corrected chi connectivity index (χ4v) is 1.99. The average molecular weight is 264 g/mol. The molecule has 1 aromatic carbocycles. The summed E-state index contributed by atoms with van der Waals surface area (Å²) in [5.41, 5.74) is 1.75. The molecular weight excluding hydrogens is 258 g/mol. The van der Waals surface area contributed by atoms with Crippen molar-refractivity contribution in [2.75, 3.05) is 0 Å². The van der Waals surface area contributed by atoms with E-state index < -0.39 is 5.97 Å². The van der Waals surface area contributed by atoms with Crippen LogP contribution in [-0.2, 0) is 0 Å². The number of aromatic carboxylic acids is 1. The zero-order valence-corrected chi connectivity index (χ0v) is 9.60. The summed E-state index contributed by atoms with van der Waals surface area (Å²) in [5.74, 6) is -1.39. The summed E-state index contributed by atoms with van der Waals surface area (Å²) in [5, 5.41) is 20.2. The molecule has 18 heavy (non-hydrogen) atoms. The predicted molar refractivity (Wildman–Crippen MR) is 63.6 cm³/mol. The van der Waals surface area contributed by atoms with Crippen LogP contribution in [0.15, 0.2) is 28.8 Å². The van der Waals surface area contributed by atoms with Gasteiger partial charge in [-0.1, -0.05) is 28.9 Å². The molecule has 0 bridgehead atoms. The topological polar surface area (TPSA) is 92.0 Å². The molecule has 0 aliphatic heterocycles. The quantitative estimate of drug-likeness (QED) is 0.741. The van der Waals surface area contributed by atoms with Crippen LogP contribution in [0.3, 0.4) is 0 Å². The van der Waals surface area contributed by atoms with Gasteiger partial charge in [-0.15, -0.1) is 0 Å². The summed E-state index contributed by atoms with van der Waals surface area (Å²) < 4.78 is 4.72. The minimum Gasteiger partial charge on any atom is -0.475 e. The highest BCUT2D eigenvalue weighted by atomic mass is 35.5. The van der Waals surface area contributed by atoms with Crippen molar-refractivity contribution >= 4 is 28.5 Å². The van der Waals surface area contributed by atoms with E-state index in [1.54, 1.807) is 18.2 Å². The molecule has 2 heterocycles. The molecule has 2 N–H and O–H groups in total. The number of benzene rings is 1. The molecule has 0 radical (unpaired) electrons. The Morgan fingerprint density at radius 3 is 3.00 bits per heavy atom. The Balaban J connectivity index is 2.24. The SMILES string of the molecule is O=C(O)c1cc(-c2cccc3n[nH]c(Cl)c23)no1. The highest BCUT2D eigenvalue weighted by Gasteiger charge is 2.16. The molecule has 0 saturated carbocycles. The van der Waals surface area contributed by atoms with Gasteiger partial charge in [-0.3, -0.25) is 5.10 Å². The third-order valence-corrected chi connectivity index (χ3v) is 2.81. The van der Waals surface area contributed by atoms with Crippen molar-refractivity contribution in [2.24, 2.45) is 0 Å². The normalized spacial score (nSPS) is 10.9. The van der Waals surface area contributed by atoms with Gasteiger partial charge in [-0.2, -0.15) is 5.10 Å². The Labute approximate surface area is 105 Å². The molecule has 0 aliphatic rings. The molecule has 6 nitrogen and oxygen atoms in total. The molecule has 3 aromatic rings. The average Bonchev–Trinajstić information content (AvgIpc) is 2.96. The number of hydrogen-bond donors (Lipinski definition) is 2. The monoisotopic (exact) mass is 263 g/mol. The first kappa shape index (κ1) is 10.8. The third kappa shape index (κ3) is 1.54. The molecule has 0 unspecified atom stereocenters. The predicted octanol–water partition coefficient (Wildman–Crippen LogP) is 2.57. The molecule has 7 heteroatoms. The van der Waals surface area contributed by atoms with Crippen LogP contribution in [0.2, 0.25) is 5.15 Å². The molecule has 90 valence electrons. The van der Waals surface area contributed by atoms with E-state index in [-0.39, 0.29) is 5.76 Å². The largest absolute Gasteiger partial charge is 0.475 e. The van der Waals surface area contributed by atoms with Gasteiger partial charge < -0.3 is 9.63 Å². The summed E-state index contributed by atoms with van der Waals surface area (Å²) in [7, 11) is 0. The van der Waals surface area contributed by atoms with Crippen LogP contribution < -0.4 is 0 Å². The van der Waals surface area contributed by atoms with Gasteiger partial charge in [0, 0.05) is 17.0 Å². The van der Waals surface area contributed by atoms with Crippen LogP contribution in [0, 0.1) is 0 Å². The van der Waals surface area contributed by atoms with Crippen molar-refractivity contribution in [1.29, 1.82) is 0 Å². The van der Waals surface area contributed by atoms with Crippen LogP contribution in [0.25, 0.3) is 22.2 Å². The van der Waals surface area contributed by atoms with Gasteiger partial charge >= 0.3 is 5.97 Å². The second-order valence-electron chi connectivity index (χ2n) is 3.62. The number of rotatable bonds is 2. The fourth-order valence-electron chi connectivity index (χ4n) is 1.75. The van der Waals surface area contributed by atoms with Gasteiger partial charge in [0.25, 0.3) is 0 Å². The lowest BCUT2D eigenvalue weighted by Gasteiger charge is -1.97. The van der Waals surface area contributed by atoms with Gasteiger partial charge in [-0.05, 0) is 6.07 Å². The van der Waals surface area contributed by atoms with E-state index in [9.17, 15) is 4.79 Å². The Morgan fingerprint density at radius 1 is 1.44 bits per heavy atom. The van der Waals surface area contributed by atoms with Crippen molar-refractivity contribution in [1.82, 2.24) is 15.4 Å². The zero-order valence-electron chi connectivity index (χ0n) is 8.85. The number of aromatic nitrogens is 3. The molecule has 0 fully saturated rings. The minimum absolute atomic E-state index is 0.221. The molecule has 0 saturated heterocycles. The van der Waals surface area contributed by atoms with Crippen molar-refractivity contribution in [3.05, 3.63) is 35.2 Å². The lowest BCUT2D eigenvalue weighted by atomic mass is 10.1. The van der Waals surface area contributed by atoms with Crippen molar-refractivity contribution < 1.29 is 14.4 Å². The molecular formula is C11H6ClN3O3. The Morgan fingerprint density at radius 2 is 2.28 bits per heavy atom. The number of nitrogens with one attached hydrogen (secondary N) is 1. The number of hydrogen-bond acceptors (Lipinski definition) is 4. The lowest BCUT2D eigenvalue weighted by Crippen LogP contribution is -1.91. The molecule has 0 spiro atoms. The maximum Gasteiger partial charge on any atom is 0.374 e. The maximum atomic E-state index is 10.7. The second-order valence-corrected chi connectivity index (χ2v) is 4.00. The first-order valence-electron chi connectivity index (χ1n) is 5.00. The zero-order chi connectivity index (χ0) is 12.7. The van der Waals surface area contributed by atoms with Crippen LogP contribution in [0.5, 0.6) is 0 Å².